The average molecular weight is 337 g/mol. The topological polar surface area (TPSA) is 20.7 Å². The fourth-order valence-electron chi connectivity index (χ4n) is 2.19. The van der Waals surface area contributed by atoms with Crippen molar-refractivity contribution in [1.29, 1.82) is 0 Å². The van der Waals surface area contributed by atoms with E-state index >= 15 is 0 Å². The van der Waals surface area contributed by atoms with Crippen molar-refractivity contribution in [2.45, 2.75) is 6.92 Å². The van der Waals surface area contributed by atoms with Gasteiger partial charge in [0, 0.05) is 10.2 Å². The number of imidazole rings is 1. The van der Waals surface area contributed by atoms with E-state index in [0.717, 1.165) is 21.2 Å². The molecule has 0 spiro atoms. The summed E-state index contributed by atoms with van der Waals surface area (Å²) in [5.74, 6) is -0.277. The van der Waals surface area contributed by atoms with Crippen LogP contribution in [0.1, 0.15) is 5.56 Å². The fraction of sp³-hybridized carbons (Fsp3) is 0.0714. The number of rotatable bonds is 1. The highest BCUT2D eigenvalue weighted by molar-refractivity contribution is 9.10. The lowest BCUT2D eigenvalue weighted by molar-refractivity contribution is 0.629. The molecule has 0 radical (unpaired) electrons. The quantitative estimate of drug-likeness (QED) is 0.627. The number of aromatic nitrogens is 2. The molecule has 0 fully saturated rings. The lowest BCUT2D eigenvalue weighted by atomic mass is 10.2. The van der Waals surface area contributed by atoms with Gasteiger partial charge >= 0.3 is 0 Å². The van der Waals surface area contributed by atoms with Gasteiger partial charge in [0.15, 0.2) is 4.77 Å². The first-order chi connectivity index (χ1) is 9.04. The molecular weight excluding hydrogens is 327 g/mol. The molecule has 0 saturated heterocycles. The summed E-state index contributed by atoms with van der Waals surface area (Å²) in [4.78, 5) is 3.03. The summed E-state index contributed by atoms with van der Waals surface area (Å²) in [6, 6.07) is 10.7. The second-order valence-electron chi connectivity index (χ2n) is 4.41. The zero-order valence-electron chi connectivity index (χ0n) is 10.1. The molecule has 0 bridgehead atoms. The second kappa shape index (κ2) is 4.58. The van der Waals surface area contributed by atoms with Crippen molar-refractivity contribution < 1.29 is 4.39 Å². The van der Waals surface area contributed by atoms with E-state index in [9.17, 15) is 4.39 Å². The number of aryl methyl sites for hydroxylation is 1. The Balaban J connectivity index is 2.36. The van der Waals surface area contributed by atoms with Gasteiger partial charge in [-0.1, -0.05) is 15.9 Å². The minimum Gasteiger partial charge on any atom is -0.330 e. The van der Waals surface area contributed by atoms with Crippen molar-refractivity contribution in [2.75, 3.05) is 0 Å². The van der Waals surface area contributed by atoms with E-state index in [-0.39, 0.29) is 5.82 Å². The molecule has 3 aromatic rings. The van der Waals surface area contributed by atoms with Crippen LogP contribution in [0.15, 0.2) is 40.9 Å². The number of nitrogens with one attached hydrogen (secondary N) is 1. The van der Waals surface area contributed by atoms with Gasteiger partial charge in [0.2, 0.25) is 0 Å². The zero-order valence-corrected chi connectivity index (χ0v) is 12.5. The summed E-state index contributed by atoms with van der Waals surface area (Å²) in [5, 5.41) is 0. The minimum absolute atomic E-state index is 0.277. The molecule has 0 aliphatic heterocycles. The largest absolute Gasteiger partial charge is 0.330 e. The zero-order chi connectivity index (χ0) is 13.6. The van der Waals surface area contributed by atoms with Gasteiger partial charge in [0.25, 0.3) is 0 Å². The van der Waals surface area contributed by atoms with Gasteiger partial charge in [-0.3, -0.25) is 4.57 Å². The van der Waals surface area contributed by atoms with Crippen molar-refractivity contribution in [3.8, 4) is 5.69 Å². The van der Waals surface area contributed by atoms with E-state index < -0.39 is 0 Å². The number of H-pyrrole nitrogens is 1. The molecular formula is C14H10BrFN2S. The van der Waals surface area contributed by atoms with Gasteiger partial charge in [0.1, 0.15) is 5.82 Å². The first kappa shape index (κ1) is 12.6. The first-order valence-corrected chi connectivity index (χ1v) is 6.92. The van der Waals surface area contributed by atoms with Crippen LogP contribution in [0.25, 0.3) is 16.7 Å². The lowest BCUT2D eigenvalue weighted by Gasteiger charge is -2.06. The molecule has 1 heterocycles. The Morgan fingerprint density at radius 2 is 2.00 bits per heavy atom. The smallest absolute Gasteiger partial charge is 0.182 e. The molecule has 0 unspecified atom stereocenters. The standard InChI is InChI=1S/C14H10BrFN2S/c1-8-4-9(15)6-11(5-8)18-13-3-2-10(16)7-12(13)17-14(18)19/h2-7H,1H3,(H,17,19). The van der Waals surface area contributed by atoms with E-state index in [0.29, 0.717) is 10.3 Å². The molecule has 3 rings (SSSR count). The number of halogens is 2. The van der Waals surface area contributed by atoms with Crippen LogP contribution in [0.2, 0.25) is 0 Å². The fourth-order valence-corrected chi connectivity index (χ4v) is 3.10. The predicted molar refractivity (Wildman–Crippen MR) is 80.9 cm³/mol. The maximum absolute atomic E-state index is 13.2. The van der Waals surface area contributed by atoms with Gasteiger partial charge < -0.3 is 4.98 Å². The molecule has 19 heavy (non-hydrogen) atoms. The van der Waals surface area contributed by atoms with E-state index in [2.05, 4.69) is 20.9 Å². The summed E-state index contributed by atoms with van der Waals surface area (Å²) in [5.41, 5.74) is 3.64. The highest BCUT2D eigenvalue weighted by Crippen LogP contribution is 2.24. The number of hydrogen-bond donors (Lipinski definition) is 1. The van der Waals surface area contributed by atoms with Gasteiger partial charge in [0.05, 0.1) is 11.0 Å². The van der Waals surface area contributed by atoms with Crippen LogP contribution < -0.4 is 0 Å². The Kier molecular flexibility index (Phi) is 3.03. The highest BCUT2D eigenvalue weighted by atomic mass is 79.9. The van der Waals surface area contributed by atoms with Crippen LogP contribution >= 0.6 is 28.1 Å². The molecule has 1 aromatic heterocycles. The van der Waals surface area contributed by atoms with Crippen molar-refractivity contribution in [2.24, 2.45) is 0 Å². The maximum atomic E-state index is 13.2. The number of fused-ring (bicyclic) bond motifs is 1. The maximum Gasteiger partial charge on any atom is 0.182 e. The summed E-state index contributed by atoms with van der Waals surface area (Å²) in [7, 11) is 0. The van der Waals surface area contributed by atoms with Crippen LogP contribution in [-0.2, 0) is 0 Å². The van der Waals surface area contributed by atoms with Gasteiger partial charge in [-0.2, -0.15) is 0 Å². The molecule has 1 N–H and O–H groups in total. The second-order valence-corrected chi connectivity index (χ2v) is 5.72. The lowest BCUT2D eigenvalue weighted by Crippen LogP contribution is -1.94. The Morgan fingerprint density at radius 1 is 1.21 bits per heavy atom. The van der Waals surface area contributed by atoms with Crippen LogP contribution in [0, 0.1) is 17.5 Å². The van der Waals surface area contributed by atoms with E-state index in [4.69, 9.17) is 12.2 Å². The van der Waals surface area contributed by atoms with Crippen LogP contribution in [0.3, 0.4) is 0 Å². The highest BCUT2D eigenvalue weighted by Gasteiger charge is 2.08. The third kappa shape index (κ3) is 2.24. The summed E-state index contributed by atoms with van der Waals surface area (Å²) >= 11 is 8.82. The molecule has 0 saturated carbocycles. The molecule has 0 aliphatic rings. The first-order valence-electron chi connectivity index (χ1n) is 5.72. The minimum atomic E-state index is -0.277. The average Bonchev–Trinajstić information content (AvgIpc) is 2.62. The summed E-state index contributed by atoms with van der Waals surface area (Å²) < 4.78 is 16.7. The normalized spacial score (nSPS) is 11.1. The third-order valence-electron chi connectivity index (χ3n) is 2.93. The van der Waals surface area contributed by atoms with Crippen molar-refractivity contribution in [3.05, 3.63) is 57.0 Å². The van der Waals surface area contributed by atoms with Crippen LogP contribution in [0.5, 0.6) is 0 Å². The monoisotopic (exact) mass is 336 g/mol. The Hall–Kier alpha value is -1.46. The summed E-state index contributed by atoms with van der Waals surface area (Å²) in [6.45, 7) is 2.02. The SMILES string of the molecule is Cc1cc(Br)cc(-n2c(=S)[nH]c3cc(F)ccc32)c1. The predicted octanol–water partition coefficient (Wildman–Crippen LogP) is 4.90. The molecule has 0 atom stereocenters. The summed E-state index contributed by atoms with van der Waals surface area (Å²) in [6.07, 6.45) is 0. The molecule has 2 aromatic carbocycles. The Morgan fingerprint density at radius 3 is 2.74 bits per heavy atom. The van der Waals surface area contributed by atoms with E-state index in [1.54, 1.807) is 6.07 Å². The van der Waals surface area contributed by atoms with E-state index in [1.807, 2.05) is 29.7 Å². The van der Waals surface area contributed by atoms with Crippen LogP contribution in [0.4, 0.5) is 4.39 Å². The van der Waals surface area contributed by atoms with Crippen molar-refractivity contribution >= 4 is 39.2 Å². The van der Waals surface area contributed by atoms with Crippen molar-refractivity contribution in [3.63, 3.8) is 0 Å². The number of nitrogens with zero attached hydrogens (tertiary/aromatic N) is 1. The van der Waals surface area contributed by atoms with Gasteiger partial charge in [-0.15, -0.1) is 0 Å². The van der Waals surface area contributed by atoms with E-state index in [1.165, 1.54) is 12.1 Å². The van der Waals surface area contributed by atoms with Crippen molar-refractivity contribution in [1.82, 2.24) is 9.55 Å². The number of hydrogen-bond acceptors (Lipinski definition) is 1. The molecule has 2 nitrogen and oxygen atoms in total. The molecule has 5 heteroatoms. The Labute approximate surface area is 123 Å². The third-order valence-corrected chi connectivity index (χ3v) is 3.67. The van der Waals surface area contributed by atoms with Gasteiger partial charge in [-0.05, 0) is 61.1 Å². The molecule has 96 valence electrons. The number of benzene rings is 2. The van der Waals surface area contributed by atoms with Crippen LogP contribution in [-0.4, -0.2) is 9.55 Å². The Bertz CT molecular complexity index is 815. The number of aromatic amines is 1. The molecule has 0 aliphatic carbocycles. The molecule has 0 amide bonds. The van der Waals surface area contributed by atoms with Gasteiger partial charge in [-0.25, -0.2) is 4.39 Å².